The van der Waals surface area contributed by atoms with E-state index in [-0.39, 0.29) is 24.6 Å². The minimum absolute atomic E-state index is 0.115. The first-order valence-corrected chi connectivity index (χ1v) is 6.25. The first-order chi connectivity index (χ1) is 8.08. The minimum Gasteiger partial charge on any atom is -0.448 e. The Hall–Kier alpha value is -1.26. The number of hydrogen-bond acceptors (Lipinski definition) is 3. The van der Waals surface area contributed by atoms with Crippen LogP contribution in [0.25, 0.3) is 0 Å². The van der Waals surface area contributed by atoms with Crippen molar-refractivity contribution in [1.82, 2.24) is 10.6 Å². The summed E-state index contributed by atoms with van der Waals surface area (Å²) in [5.74, 6) is 0.652. The fraction of sp³-hybridized carbons (Fsp3) is 0.833. The summed E-state index contributed by atoms with van der Waals surface area (Å²) in [6.07, 6.45) is 4.01. The first-order valence-electron chi connectivity index (χ1n) is 6.25. The Morgan fingerprint density at radius 1 is 1.24 bits per heavy atom. The Labute approximate surface area is 102 Å². The normalized spacial score (nSPS) is 23.9. The van der Waals surface area contributed by atoms with E-state index < -0.39 is 0 Å². The molecule has 1 saturated carbocycles. The number of nitrogens with one attached hydrogen (secondary N) is 2. The maximum absolute atomic E-state index is 11.4. The van der Waals surface area contributed by atoms with Crippen LogP contribution in [-0.2, 0) is 9.53 Å². The predicted molar refractivity (Wildman–Crippen MR) is 64.6 cm³/mol. The summed E-state index contributed by atoms with van der Waals surface area (Å²) >= 11 is 0. The summed E-state index contributed by atoms with van der Waals surface area (Å²) in [6, 6.07) is 0.250. The van der Waals surface area contributed by atoms with E-state index in [0.717, 1.165) is 31.6 Å². The number of amides is 2. The number of ether oxygens (including phenoxy) is 1. The van der Waals surface area contributed by atoms with Crippen LogP contribution in [0.1, 0.15) is 39.5 Å². The largest absolute Gasteiger partial charge is 0.448 e. The van der Waals surface area contributed by atoms with Gasteiger partial charge in [0.1, 0.15) is 6.61 Å². The van der Waals surface area contributed by atoms with E-state index in [1.54, 1.807) is 0 Å². The molecule has 2 amide bonds. The van der Waals surface area contributed by atoms with Gasteiger partial charge in [-0.05, 0) is 31.6 Å². The highest BCUT2D eigenvalue weighted by atomic mass is 16.5. The second-order valence-corrected chi connectivity index (χ2v) is 4.72. The smallest absolute Gasteiger partial charge is 0.407 e. The summed E-state index contributed by atoms with van der Waals surface area (Å²) in [4.78, 5) is 22.0. The highest BCUT2D eigenvalue weighted by molar-refractivity contribution is 5.72. The number of carbonyl (C=O) groups is 2. The fourth-order valence-corrected chi connectivity index (χ4v) is 1.98. The molecule has 0 unspecified atom stereocenters. The van der Waals surface area contributed by atoms with Crippen molar-refractivity contribution in [3.05, 3.63) is 0 Å². The zero-order valence-corrected chi connectivity index (χ0v) is 10.6. The van der Waals surface area contributed by atoms with Gasteiger partial charge in [-0.3, -0.25) is 4.79 Å². The Balaban J connectivity index is 2.06. The Bertz CT molecular complexity index is 260. The summed E-state index contributed by atoms with van der Waals surface area (Å²) in [5.41, 5.74) is 0. The molecule has 0 saturated heterocycles. The molecule has 5 heteroatoms. The summed E-state index contributed by atoms with van der Waals surface area (Å²) in [6.45, 7) is 4.25. The second kappa shape index (κ2) is 7.14. The van der Waals surface area contributed by atoms with Gasteiger partial charge in [-0.1, -0.05) is 6.92 Å². The quantitative estimate of drug-likeness (QED) is 0.733. The van der Waals surface area contributed by atoms with Gasteiger partial charge in [0.05, 0.1) is 6.54 Å². The van der Waals surface area contributed by atoms with E-state index in [2.05, 4.69) is 17.6 Å². The molecule has 0 aromatic carbocycles. The number of alkyl carbamates (subject to hydrolysis) is 1. The molecule has 98 valence electrons. The van der Waals surface area contributed by atoms with E-state index in [0.29, 0.717) is 6.54 Å². The summed E-state index contributed by atoms with van der Waals surface area (Å²) in [5, 5.41) is 5.42. The van der Waals surface area contributed by atoms with Crippen LogP contribution in [0.3, 0.4) is 0 Å². The van der Waals surface area contributed by atoms with Crippen LogP contribution in [0.2, 0.25) is 0 Å². The first kappa shape index (κ1) is 13.8. The van der Waals surface area contributed by atoms with Gasteiger partial charge in [-0.25, -0.2) is 4.79 Å². The monoisotopic (exact) mass is 242 g/mol. The van der Waals surface area contributed by atoms with Crippen LogP contribution in [0, 0.1) is 5.92 Å². The average molecular weight is 242 g/mol. The molecule has 1 fully saturated rings. The van der Waals surface area contributed by atoms with Gasteiger partial charge in [-0.15, -0.1) is 0 Å². The summed E-state index contributed by atoms with van der Waals surface area (Å²) in [7, 11) is 0. The molecule has 2 N–H and O–H groups in total. The van der Waals surface area contributed by atoms with Crippen molar-refractivity contribution >= 4 is 12.0 Å². The van der Waals surface area contributed by atoms with Crippen LogP contribution in [0.4, 0.5) is 4.79 Å². The van der Waals surface area contributed by atoms with Crippen molar-refractivity contribution in [1.29, 1.82) is 0 Å². The molecule has 17 heavy (non-hydrogen) atoms. The third-order valence-electron chi connectivity index (χ3n) is 3.05. The van der Waals surface area contributed by atoms with Crippen molar-refractivity contribution in [3.63, 3.8) is 0 Å². The Morgan fingerprint density at radius 2 is 1.88 bits per heavy atom. The molecule has 0 aromatic rings. The van der Waals surface area contributed by atoms with E-state index in [1.807, 2.05) is 0 Å². The lowest BCUT2D eigenvalue weighted by atomic mass is 9.87. The van der Waals surface area contributed by atoms with Crippen LogP contribution in [-0.4, -0.2) is 31.2 Å². The lowest BCUT2D eigenvalue weighted by Gasteiger charge is -2.26. The molecule has 0 aliphatic heterocycles. The number of rotatable bonds is 4. The third-order valence-corrected chi connectivity index (χ3v) is 3.05. The van der Waals surface area contributed by atoms with Gasteiger partial charge in [-0.2, -0.15) is 0 Å². The number of hydrogen-bond donors (Lipinski definition) is 2. The van der Waals surface area contributed by atoms with Gasteiger partial charge in [0.15, 0.2) is 0 Å². The molecule has 0 spiro atoms. The van der Waals surface area contributed by atoms with Crippen LogP contribution < -0.4 is 10.6 Å². The van der Waals surface area contributed by atoms with Crippen molar-refractivity contribution < 1.29 is 14.3 Å². The molecular formula is C12H22N2O3. The molecule has 0 atom stereocenters. The van der Waals surface area contributed by atoms with Crippen molar-refractivity contribution in [2.24, 2.45) is 5.92 Å². The third kappa shape index (κ3) is 6.14. The van der Waals surface area contributed by atoms with Gasteiger partial charge in [0, 0.05) is 13.0 Å². The maximum Gasteiger partial charge on any atom is 0.407 e. The topological polar surface area (TPSA) is 67.4 Å². The molecule has 1 aliphatic carbocycles. The Morgan fingerprint density at radius 3 is 2.47 bits per heavy atom. The maximum atomic E-state index is 11.4. The molecule has 0 heterocycles. The average Bonchev–Trinajstić information content (AvgIpc) is 2.27. The van der Waals surface area contributed by atoms with E-state index >= 15 is 0 Å². The fourth-order valence-electron chi connectivity index (χ4n) is 1.98. The van der Waals surface area contributed by atoms with Crippen molar-refractivity contribution in [2.75, 3.05) is 13.2 Å². The molecule has 5 nitrogen and oxygen atoms in total. The molecule has 1 aliphatic rings. The minimum atomic E-state index is -0.380. The second-order valence-electron chi connectivity index (χ2n) is 4.72. The summed E-state index contributed by atoms with van der Waals surface area (Å²) < 4.78 is 4.96. The number of carbonyl (C=O) groups excluding carboxylic acids is 2. The molecular weight excluding hydrogens is 220 g/mol. The lowest BCUT2D eigenvalue weighted by Crippen LogP contribution is -2.38. The van der Waals surface area contributed by atoms with E-state index in [1.165, 1.54) is 6.92 Å². The highest BCUT2D eigenvalue weighted by Gasteiger charge is 2.19. The zero-order valence-electron chi connectivity index (χ0n) is 10.6. The van der Waals surface area contributed by atoms with Gasteiger partial charge in [0.2, 0.25) is 5.91 Å². The zero-order chi connectivity index (χ0) is 12.7. The van der Waals surface area contributed by atoms with Gasteiger partial charge < -0.3 is 15.4 Å². The van der Waals surface area contributed by atoms with Gasteiger partial charge >= 0.3 is 6.09 Å². The standard InChI is InChI=1S/C12H22N2O3/c1-9-3-5-11(6-4-9)14-12(16)17-8-7-13-10(2)15/h9,11H,3-8H2,1-2H3,(H,13,15)(H,14,16). The van der Waals surface area contributed by atoms with Crippen molar-refractivity contribution in [2.45, 2.75) is 45.6 Å². The van der Waals surface area contributed by atoms with Crippen LogP contribution >= 0.6 is 0 Å². The molecule has 0 aromatic heterocycles. The predicted octanol–water partition coefficient (Wildman–Crippen LogP) is 1.43. The molecule has 1 rings (SSSR count). The Kier molecular flexibility index (Phi) is 5.80. The van der Waals surface area contributed by atoms with Gasteiger partial charge in [0.25, 0.3) is 0 Å². The van der Waals surface area contributed by atoms with Crippen LogP contribution in [0.5, 0.6) is 0 Å². The SMILES string of the molecule is CC(=O)NCCOC(=O)NC1CCC(C)CC1. The highest BCUT2D eigenvalue weighted by Crippen LogP contribution is 2.23. The lowest BCUT2D eigenvalue weighted by molar-refractivity contribution is -0.119. The van der Waals surface area contributed by atoms with Crippen molar-refractivity contribution in [3.8, 4) is 0 Å². The molecule has 0 bridgehead atoms. The molecule has 0 radical (unpaired) electrons. The van der Waals surface area contributed by atoms with Crippen LogP contribution in [0.15, 0.2) is 0 Å². The van der Waals surface area contributed by atoms with E-state index in [4.69, 9.17) is 4.74 Å². The van der Waals surface area contributed by atoms with E-state index in [9.17, 15) is 9.59 Å².